The Morgan fingerprint density at radius 2 is 1.97 bits per heavy atom. The second-order valence-corrected chi connectivity index (χ2v) is 11.1. The van der Waals surface area contributed by atoms with Gasteiger partial charge >= 0.3 is 0 Å². The van der Waals surface area contributed by atoms with Crippen LogP contribution in [-0.2, 0) is 21.1 Å². The first kappa shape index (κ1) is 25.6. The number of benzene rings is 2. The lowest BCUT2D eigenvalue weighted by atomic mass is 9.99. The van der Waals surface area contributed by atoms with E-state index in [-0.39, 0.29) is 11.4 Å². The Balaban J connectivity index is 0.000000383. The predicted molar refractivity (Wildman–Crippen MR) is 139 cm³/mol. The van der Waals surface area contributed by atoms with Gasteiger partial charge in [-0.2, -0.15) is 4.57 Å². The standard InChI is InChI=1S/C23H24NS2.C2H6O4S/c1-3-24-21(14-17-23(25-4-2)15-8-5-9-16-23)26-20-13-12-18-10-6-7-11-19(18)22(20)24;1-2-6-7(3,4)5/h5-15,17H,3-4,16H2,1-2H3;2H2,1H3,(H,3,4,5)/q+1;/p-1. The summed E-state index contributed by atoms with van der Waals surface area (Å²) >= 11 is 3.91. The van der Waals surface area contributed by atoms with Crippen LogP contribution in [0.15, 0.2) is 66.8 Å². The molecule has 0 bridgehead atoms. The number of aromatic nitrogens is 1. The van der Waals surface area contributed by atoms with Crippen molar-refractivity contribution in [2.45, 2.75) is 38.5 Å². The van der Waals surface area contributed by atoms with Crippen molar-refractivity contribution >= 4 is 60.6 Å². The Kier molecular flexibility index (Phi) is 8.89. The summed E-state index contributed by atoms with van der Waals surface area (Å²) in [6.45, 7) is 6.80. The molecule has 5 nitrogen and oxygen atoms in total. The lowest BCUT2D eigenvalue weighted by Gasteiger charge is -2.26. The fourth-order valence-corrected chi connectivity index (χ4v) is 6.36. The van der Waals surface area contributed by atoms with Gasteiger partial charge in [0.05, 0.1) is 16.7 Å². The molecular formula is C25H29NO4S3. The third-order valence-electron chi connectivity index (χ3n) is 5.18. The Morgan fingerprint density at radius 1 is 1.18 bits per heavy atom. The van der Waals surface area contributed by atoms with Gasteiger partial charge in [-0.15, -0.1) is 11.8 Å². The smallest absolute Gasteiger partial charge is 0.262 e. The molecule has 1 unspecified atom stereocenters. The van der Waals surface area contributed by atoms with Gasteiger partial charge in [-0.25, -0.2) is 8.42 Å². The summed E-state index contributed by atoms with van der Waals surface area (Å²) in [6, 6.07) is 13.2. The van der Waals surface area contributed by atoms with Gasteiger partial charge in [-0.3, -0.25) is 4.18 Å². The number of hydrogen-bond donors (Lipinski definition) is 0. The van der Waals surface area contributed by atoms with E-state index < -0.39 is 10.4 Å². The number of thiazole rings is 1. The molecule has 2 aromatic carbocycles. The lowest BCUT2D eigenvalue weighted by Crippen LogP contribution is -2.33. The van der Waals surface area contributed by atoms with Crippen LogP contribution in [0.2, 0.25) is 0 Å². The summed E-state index contributed by atoms with van der Waals surface area (Å²) in [5, 5.41) is 3.99. The molecule has 0 saturated carbocycles. The van der Waals surface area contributed by atoms with Crippen LogP contribution < -0.4 is 4.57 Å². The summed E-state index contributed by atoms with van der Waals surface area (Å²) in [5.41, 5.74) is 1.37. The van der Waals surface area contributed by atoms with Crippen LogP contribution >= 0.6 is 23.1 Å². The molecule has 8 heteroatoms. The van der Waals surface area contributed by atoms with E-state index in [0.717, 1.165) is 18.7 Å². The fourth-order valence-electron chi connectivity index (χ4n) is 3.83. The van der Waals surface area contributed by atoms with E-state index in [4.69, 9.17) is 0 Å². The van der Waals surface area contributed by atoms with Crippen LogP contribution in [0.1, 0.15) is 32.2 Å². The van der Waals surface area contributed by atoms with Crippen molar-refractivity contribution in [1.82, 2.24) is 0 Å². The Morgan fingerprint density at radius 3 is 2.58 bits per heavy atom. The van der Waals surface area contributed by atoms with Crippen LogP contribution in [0, 0.1) is 0 Å². The normalized spacial score (nSPS) is 18.2. The van der Waals surface area contributed by atoms with E-state index in [1.807, 2.05) is 23.1 Å². The molecule has 3 aromatic rings. The Labute approximate surface area is 204 Å². The molecule has 4 rings (SSSR count). The molecule has 176 valence electrons. The third kappa shape index (κ3) is 6.55. The van der Waals surface area contributed by atoms with Gasteiger partial charge in [-0.05, 0) is 43.5 Å². The SMILES string of the molecule is CCOS(=O)(=O)[O-].CCSC1(C=Cc2sc3ccc4ccccc4c3[n+]2CC)C=CC=CC1. The predicted octanol–water partition coefficient (Wildman–Crippen LogP) is 5.87. The number of thioether (sulfide) groups is 1. The monoisotopic (exact) mass is 503 g/mol. The zero-order chi connectivity index (χ0) is 23.9. The summed E-state index contributed by atoms with van der Waals surface area (Å²) in [7, 11) is -4.42. The van der Waals surface area contributed by atoms with Crippen molar-refractivity contribution in [3.8, 4) is 0 Å². The average molecular weight is 504 g/mol. The summed E-state index contributed by atoms with van der Waals surface area (Å²) in [5.74, 6) is 1.12. The summed E-state index contributed by atoms with van der Waals surface area (Å²) in [6.07, 6.45) is 14.8. The van der Waals surface area contributed by atoms with Gasteiger partial charge in [0.25, 0.3) is 5.01 Å². The van der Waals surface area contributed by atoms with Crippen LogP contribution in [0.5, 0.6) is 0 Å². The minimum absolute atomic E-state index is 0.0906. The molecule has 1 atom stereocenters. The molecule has 0 N–H and O–H groups in total. The second kappa shape index (κ2) is 11.4. The van der Waals surface area contributed by atoms with Crippen LogP contribution in [0.3, 0.4) is 0 Å². The largest absolute Gasteiger partial charge is 0.726 e. The molecule has 0 aliphatic heterocycles. The van der Waals surface area contributed by atoms with Crippen molar-refractivity contribution in [3.63, 3.8) is 0 Å². The number of nitrogens with zero attached hydrogens (tertiary/aromatic N) is 1. The highest BCUT2D eigenvalue weighted by Gasteiger charge is 2.26. The Hall–Kier alpha value is -1.97. The molecule has 0 amide bonds. The third-order valence-corrected chi connectivity index (χ3v) is 8.08. The zero-order valence-corrected chi connectivity index (χ0v) is 21.5. The molecule has 0 radical (unpaired) electrons. The van der Waals surface area contributed by atoms with Gasteiger partial charge in [0.1, 0.15) is 11.2 Å². The van der Waals surface area contributed by atoms with Crippen LogP contribution in [0.25, 0.3) is 27.1 Å². The van der Waals surface area contributed by atoms with E-state index in [1.165, 1.54) is 32.9 Å². The van der Waals surface area contributed by atoms with Crippen molar-refractivity contribution in [3.05, 3.63) is 71.8 Å². The van der Waals surface area contributed by atoms with E-state index >= 15 is 0 Å². The van der Waals surface area contributed by atoms with E-state index in [1.54, 1.807) is 0 Å². The van der Waals surface area contributed by atoms with Crippen molar-refractivity contribution < 1.29 is 21.7 Å². The summed E-state index contributed by atoms with van der Waals surface area (Å²) < 4.78 is 35.9. The Bertz CT molecular complexity index is 1290. The van der Waals surface area contributed by atoms with Gasteiger partial charge in [-0.1, -0.05) is 72.9 Å². The van der Waals surface area contributed by atoms with E-state index in [0.29, 0.717) is 0 Å². The first-order valence-electron chi connectivity index (χ1n) is 10.9. The van der Waals surface area contributed by atoms with Crippen molar-refractivity contribution in [2.24, 2.45) is 0 Å². The summed E-state index contributed by atoms with van der Waals surface area (Å²) in [4.78, 5) is 0. The van der Waals surface area contributed by atoms with Gasteiger partial charge in [0.2, 0.25) is 15.9 Å². The number of hydrogen-bond acceptors (Lipinski definition) is 6. The fraction of sp³-hybridized carbons (Fsp3) is 0.320. The number of fused-ring (bicyclic) bond motifs is 3. The average Bonchev–Trinajstić information content (AvgIpc) is 3.16. The molecular weight excluding hydrogens is 474 g/mol. The highest BCUT2D eigenvalue weighted by Crippen LogP contribution is 2.36. The minimum Gasteiger partial charge on any atom is -0.726 e. The van der Waals surface area contributed by atoms with Gasteiger partial charge in [0, 0.05) is 6.08 Å². The van der Waals surface area contributed by atoms with Crippen LogP contribution in [0.4, 0.5) is 0 Å². The molecule has 33 heavy (non-hydrogen) atoms. The highest BCUT2D eigenvalue weighted by atomic mass is 32.3. The molecule has 1 aliphatic carbocycles. The van der Waals surface area contributed by atoms with Crippen molar-refractivity contribution in [1.29, 1.82) is 0 Å². The van der Waals surface area contributed by atoms with Crippen LogP contribution in [-0.4, -0.2) is 30.1 Å². The highest BCUT2D eigenvalue weighted by molar-refractivity contribution is 8.01. The quantitative estimate of drug-likeness (QED) is 0.229. The molecule has 1 heterocycles. The first-order chi connectivity index (χ1) is 15.8. The molecule has 0 fully saturated rings. The number of rotatable bonds is 7. The van der Waals surface area contributed by atoms with E-state index in [2.05, 4.69) is 95.5 Å². The topological polar surface area (TPSA) is 70.3 Å². The second-order valence-electron chi connectivity index (χ2n) is 7.35. The number of aryl methyl sites for hydroxylation is 1. The molecule has 0 spiro atoms. The zero-order valence-electron chi connectivity index (χ0n) is 19.1. The lowest BCUT2D eigenvalue weighted by molar-refractivity contribution is -0.664. The van der Waals surface area contributed by atoms with E-state index in [9.17, 15) is 13.0 Å². The molecule has 1 aromatic heterocycles. The van der Waals surface area contributed by atoms with Gasteiger partial charge < -0.3 is 4.55 Å². The maximum absolute atomic E-state index is 9.45. The van der Waals surface area contributed by atoms with Gasteiger partial charge in [0.15, 0.2) is 0 Å². The minimum atomic E-state index is -4.42. The maximum Gasteiger partial charge on any atom is 0.262 e. The van der Waals surface area contributed by atoms with Crippen molar-refractivity contribution in [2.75, 3.05) is 12.4 Å². The first-order valence-corrected chi connectivity index (χ1v) is 14.1. The molecule has 0 saturated heterocycles. The maximum atomic E-state index is 9.45. The number of allylic oxidation sites excluding steroid dienone is 3. The molecule has 1 aliphatic rings.